The first-order valence-electron chi connectivity index (χ1n) is 8.33. The molecule has 0 unspecified atom stereocenters. The zero-order valence-electron chi connectivity index (χ0n) is 15.6. The van der Waals surface area contributed by atoms with Crippen molar-refractivity contribution in [2.45, 2.75) is 19.8 Å². The number of Topliss-reactive ketones (excluding diaryl/α,β-unsaturated/α-hetero) is 1. The number of ketones is 3. The lowest BCUT2D eigenvalue weighted by Gasteiger charge is -2.23. The topological polar surface area (TPSA) is 142 Å². The van der Waals surface area contributed by atoms with Gasteiger partial charge in [0.2, 0.25) is 5.78 Å². The van der Waals surface area contributed by atoms with Crippen molar-refractivity contribution in [3.8, 4) is 23.0 Å². The van der Waals surface area contributed by atoms with Gasteiger partial charge in [0.05, 0.1) is 36.5 Å². The molecule has 2 aromatic rings. The molecule has 0 atom stereocenters. The summed E-state index contributed by atoms with van der Waals surface area (Å²) < 4.78 is 10.4. The number of carbonyl (C=O) groups excluding carboxylic acids is 3. The van der Waals surface area contributed by atoms with Gasteiger partial charge < -0.3 is 25.2 Å². The highest BCUT2D eigenvalue weighted by molar-refractivity contribution is 6.33. The van der Waals surface area contributed by atoms with Crippen LogP contribution >= 0.6 is 0 Å². The normalized spacial score (nSPS) is 12.0. The number of ether oxygens (including phenoxy) is 2. The summed E-state index contributed by atoms with van der Waals surface area (Å²) in [7, 11) is 2.74. The Balaban J connectivity index is 0.00000280. The molecule has 0 saturated heterocycles. The lowest BCUT2D eigenvalue weighted by Crippen LogP contribution is -2.25. The lowest BCUT2D eigenvalue weighted by atomic mass is 9.79. The van der Waals surface area contributed by atoms with Crippen LogP contribution in [0.1, 0.15) is 62.0 Å². The lowest BCUT2D eigenvalue weighted by molar-refractivity contribution is 0.0951. The molecule has 0 saturated carbocycles. The molecule has 0 radical (unpaired) electrons. The molecule has 0 amide bonds. The highest BCUT2D eigenvalue weighted by Crippen LogP contribution is 2.43. The quantitative estimate of drug-likeness (QED) is 0.637. The maximum Gasteiger partial charge on any atom is 0.202 e. The van der Waals surface area contributed by atoms with E-state index in [1.165, 1.54) is 26.4 Å². The number of fused-ring (bicyclic) bond motifs is 2. The second-order valence-corrected chi connectivity index (χ2v) is 6.12. The number of carbonyl (C=O) groups is 3. The second kappa shape index (κ2) is 7.69. The van der Waals surface area contributed by atoms with Gasteiger partial charge >= 0.3 is 0 Å². The Hall–Kier alpha value is -3.39. The number of aromatic hydroxyl groups is 2. The van der Waals surface area contributed by atoms with Crippen molar-refractivity contribution in [2.24, 2.45) is 0 Å². The van der Waals surface area contributed by atoms with Crippen LogP contribution in [0.15, 0.2) is 18.2 Å². The predicted molar refractivity (Wildman–Crippen MR) is 99.0 cm³/mol. The van der Waals surface area contributed by atoms with Gasteiger partial charge in [-0.2, -0.15) is 0 Å². The molecule has 0 aromatic heterocycles. The molecule has 8 heteroatoms. The van der Waals surface area contributed by atoms with Crippen LogP contribution in [0.3, 0.4) is 0 Å². The predicted octanol–water partition coefficient (Wildman–Crippen LogP) is 2.05. The van der Waals surface area contributed by atoms with E-state index >= 15 is 0 Å². The third-order valence-electron chi connectivity index (χ3n) is 4.50. The van der Waals surface area contributed by atoms with E-state index in [0.717, 1.165) is 6.07 Å². The smallest absolute Gasteiger partial charge is 0.202 e. The minimum atomic E-state index is -0.665. The van der Waals surface area contributed by atoms with E-state index in [-0.39, 0.29) is 45.5 Å². The van der Waals surface area contributed by atoms with E-state index < -0.39 is 28.8 Å². The van der Waals surface area contributed by atoms with Gasteiger partial charge in [0.15, 0.2) is 11.6 Å². The SMILES string of the molecule is CCCC(=O)c1c(O)cc(O)c2c1C(=O)c1cc(OC)cc(OC)c1C2=O.O. The van der Waals surface area contributed by atoms with Crippen molar-refractivity contribution in [3.63, 3.8) is 0 Å². The van der Waals surface area contributed by atoms with E-state index in [9.17, 15) is 24.6 Å². The van der Waals surface area contributed by atoms with E-state index in [1.807, 2.05) is 0 Å². The van der Waals surface area contributed by atoms with Crippen molar-refractivity contribution >= 4 is 17.3 Å². The molecule has 28 heavy (non-hydrogen) atoms. The summed E-state index contributed by atoms with van der Waals surface area (Å²) in [5, 5.41) is 20.4. The minimum Gasteiger partial charge on any atom is -0.507 e. The second-order valence-electron chi connectivity index (χ2n) is 6.12. The molecule has 148 valence electrons. The summed E-state index contributed by atoms with van der Waals surface area (Å²) in [5.74, 6) is -2.51. The number of benzene rings is 2. The Kier molecular flexibility index (Phi) is 5.75. The van der Waals surface area contributed by atoms with Gasteiger partial charge in [-0.1, -0.05) is 6.92 Å². The fourth-order valence-corrected chi connectivity index (χ4v) is 3.29. The number of phenols is 2. The Morgan fingerprint density at radius 3 is 2.18 bits per heavy atom. The zero-order chi connectivity index (χ0) is 19.9. The van der Waals surface area contributed by atoms with Crippen molar-refractivity contribution in [3.05, 3.63) is 46.0 Å². The molecule has 0 aliphatic heterocycles. The van der Waals surface area contributed by atoms with Crippen LogP contribution < -0.4 is 9.47 Å². The molecule has 3 rings (SSSR count). The maximum absolute atomic E-state index is 13.2. The average molecular weight is 388 g/mol. The molecule has 1 aliphatic carbocycles. The van der Waals surface area contributed by atoms with Gasteiger partial charge in [-0.25, -0.2) is 0 Å². The van der Waals surface area contributed by atoms with Crippen molar-refractivity contribution in [1.29, 1.82) is 0 Å². The van der Waals surface area contributed by atoms with Gasteiger partial charge in [0.1, 0.15) is 23.0 Å². The first kappa shape index (κ1) is 20.9. The summed E-state index contributed by atoms with van der Waals surface area (Å²) in [4.78, 5) is 38.8. The summed E-state index contributed by atoms with van der Waals surface area (Å²) in [6.45, 7) is 1.78. The Labute approximate surface area is 160 Å². The zero-order valence-corrected chi connectivity index (χ0v) is 15.6. The number of methoxy groups -OCH3 is 2. The van der Waals surface area contributed by atoms with Gasteiger partial charge in [-0.15, -0.1) is 0 Å². The van der Waals surface area contributed by atoms with E-state index in [0.29, 0.717) is 12.2 Å². The summed E-state index contributed by atoms with van der Waals surface area (Å²) in [6.07, 6.45) is 0.578. The highest BCUT2D eigenvalue weighted by Gasteiger charge is 2.39. The Morgan fingerprint density at radius 1 is 0.929 bits per heavy atom. The fourth-order valence-electron chi connectivity index (χ4n) is 3.29. The van der Waals surface area contributed by atoms with Gasteiger partial charge in [-0.05, 0) is 12.5 Å². The molecule has 2 aromatic carbocycles. The van der Waals surface area contributed by atoms with Crippen LogP contribution in [0.25, 0.3) is 0 Å². The van der Waals surface area contributed by atoms with Crippen molar-refractivity contribution in [1.82, 2.24) is 0 Å². The molecular formula is C20H20O8. The molecule has 4 N–H and O–H groups in total. The molecule has 0 bridgehead atoms. The van der Waals surface area contributed by atoms with Gasteiger partial charge in [-0.3, -0.25) is 14.4 Å². The number of phenolic OH excluding ortho intramolecular Hbond substituents is 2. The number of rotatable bonds is 5. The third kappa shape index (κ3) is 2.97. The standard InChI is InChI=1S/C20H18O7.H2O/c1-4-5-11(21)16-12(22)8-13(23)17-18(16)19(24)10-6-9(26-2)7-14(27-3)15(10)20(17)25;/h6-8,22-23H,4-5H2,1-3H3;1H2. The van der Waals surface area contributed by atoms with Crippen LogP contribution in [0.2, 0.25) is 0 Å². The summed E-state index contributed by atoms with van der Waals surface area (Å²) >= 11 is 0. The third-order valence-corrected chi connectivity index (χ3v) is 4.50. The number of hydrogen-bond acceptors (Lipinski definition) is 7. The van der Waals surface area contributed by atoms with Crippen LogP contribution in [-0.2, 0) is 0 Å². The monoisotopic (exact) mass is 388 g/mol. The molecule has 1 aliphatic rings. The summed E-state index contributed by atoms with van der Waals surface area (Å²) in [5.41, 5.74) is -0.896. The van der Waals surface area contributed by atoms with E-state index in [1.54, 1.807) is 6.92 Å². The van der Waals surface area contributed by atoms with Gasteiger partial charge in [0, 0.05) is 24.1 Å². The highest BCUT2D eigenvalue weighted by atomic mass is 16.5. The van der Waals surface area contributed by atoms with E-state index in [4.69, 9.17) is 9.47 Å². The Morgan fingerprint density at radius 2 is 1.61 bits per heavy atom. The van der Waals surface area contributed by atoms with Crippen LogP contribution in [0, 0.1) is 0 Å². The van der Waals surface area contributed by atoms with Crippen molar-refractivity contribution in [2.75, 3.05) is 14.2 Å². The maximum atomic E-state index is 13.2. The Bertz CT molecular complexity index is 990. The van der Waals surface area contributed by atoms with Crippen LogP contribution in [0.5, 0.6) is 23.0 Å². The van der Waals surface area contributed by atoms with E-state index in [2.05, 4.69) is 0 Å². The van der Waals surface area contributed by atoms with Crippen LogP contribution in [0.4, 0.5) is 0 Å². The minimum absolute atomic E-state index is 0. The van der Waals surface area contributed by atoms with Gasteiger partial charge in [0.25, 0.3) is 0 Å². The van der Waals surface area contributed by atoms with Crippen molar-refractivity contribution < 1.29 is 39.5 Å². The summed E-state index contributed by atoms with van der Waals surface area (Å²) in [6, 6.07) is 3.74. The fraction of sp³-hybridized carbons (Fsp3) is 0.250. The molecule has 0 fully saturated rings. The molecule has 0 spiro atoms. The van der Waals surface area contributed by atoms with Crippen LogP contribution in [-0.4, -0.2) is 47.3 Å². The molecule has 8 nitrogen and oxygen atoms in total. The first-order chi connectivity index (χ1) is 12.8. The molecule has 0 heterocycles. The first-order valence-corrected chi connectivity index (χ1v) is 8.33. The number of hydrogen-bond donors (Lipinski definition) is 2. The largest absolute Gasteiger partial charge is 0.507 e. The molecular weight excluding hydrogens is 368 g/mol. The average Bonchev–Trinajstić information content (AvgIpc) is 2.64.